The van der Waals surface area contributed by atoms with E-state index < -0.39 is 5.91 Å². The van der Waals surface area contributed by atoms with Crippen molar-refractivity contribution in [3.8, 4) is 11.5 Å². The molecule has 0 unspecified atom stereocenters. The van der Waals surface area contributed by atoms with Gasteiger partial charge in [-0.15, -0.1) is 0 Å². The molecule has 2 N–H and O–H groups in total. The van der Waals surface area contributed by atoms with Crippen molar-refractivity contribution in [2.45, 2.75) is 26.2 Å². The minimum atomic E-state index is -0.619. The molecule has 0 bridgehead atoms. The van der Waals surface area contributed by atoms with Crippen LogP contribution in [0, 0.1) is 5.92 Å². The van der Waals surface area contributed by atoms with E-state index in [0.717, 1.165) is 32.4 Å². The summed E-state index contributed by atoms with van der Waals surface area (Å²) in [5, 5.41) is 0.210. The van der Waals surface area contributed by atoms with Gasteiger partial charge < -0.3 is 20.1 Å². The van der Waals surface area contributed by atoms with E-state index in [1.807, 2.05) is 4.90 Å². The predicted molar refractivity (Wildman–Crippen MR) is 91.6 cm³/mol. The first-order valence-corrected chi connectivity index (χ1v) is 8.38. The number of hydrogen-bond donors (Lipinski definition) is 1. The highest BCUT2D eigenvalue weighted by atomic mass is 35.5. The molecule has 0 spiro atoms. The van der Waals surface area contributed by atoms with Crippen LogP contribution in [0.2, 0.25) is 5.02 Å². The zero-order chi connectivity index (χ0) is 17.7. The number of amides is 2. The molecular weight excluding hydrogens is 332 g/mol. The minimum Gasteiger partial charge on any atom is -0.493 e. The minimum absolute atomic E-state index is 0.0780. The molecule has 1 atom stereocenters. The summed E-state index contributed by atoms with van der Waals surface area (Å²) >= 11 is 6.21. The van der Waals surface area contributed by atoms with Gasteiger partial charge in [-0.2, -0.15) is 0 Å². The van der Waals surface area contributed by atoms with E-state index in [1.54, 1.807) is 6.07 Å². The third-order valence-corrected chi connectivity index (χ3v) is 4.42. The summed E-state index contributed by atoms with van der Waals surface area (Å²) in [7, 11) is 1.45. The molecule has 0 aliphatic carbocycles. The summed E-state index contributed by atoms with van der Waals surface area (Å²) in [6, 6.07) is 3.12. The van der Waals surface area contributed by atoms with Crippen molar-refractivity contribution in [2.24, 2.45) is 11.7 Å². The topological polar surface area (TPSA) is 81.9 Å². The largest absolute Gasteiger partial charge is 0.493 e. The molecule has 24 heavy (non-hydrogen) atoms. The van der Waals surface area contributed by atoms with Crippen LogP contribution in [0.1, 0.15) is 36.5 Å². The van der Waals surface area contributed by atoms with Gasteiger partial charge >= 0.3 is 0 Å². The number of primary amides is 1. The molecule has 6 nitrogen and oxygen atoms in total. The molecule has 1 aliphatic rings. The van der Waals surface area contributed by atoms with Gasteiger partial charge in [0.15, 0.2) is 18.1 Å². The van der Waals surface area contributed by atoms with Gasteiger partial charge in [0.25, 0.3) is 11.8 Å². The van der Waals surface area contributed by atoms with E-state index in [2.05, 4.69) is 6.92 Å². The van der Waals surface area contributed by atoms with E-state index >= 15 is 0 Å². The van der Waals surface area contributed by atoms with Crippen LogP contribution >= 0.6 is 11.6 Å². The summed E-state index contributed by atoms with van der Waals surface area (Å²) in [6.07, 6.45) is 3.13. The Morgan fingerprint density at radius 1 is 1.33 bits per heavy atom. The number of likely N-dealkylation sites (tertiary alicyclic amines) is 1. The van der Waals surface area contributed by atoms with Gasteiger partial charge in [0.1, 0.15) is 0 Å². The first kappa shape index (κ1) is 18.4. The second-order valence-electron chi connectivity index (χ2n) is 6.07. The van der Waals surface area contributed by atoms with Gasteiger partial charge in [0, 0.05) is 18.7 Å². The van der Waals surface area contributed by atoms with Crippen LogP contribution in [0.15, 0.2) is 12.1 Å². The molecule has 0 radical (unpaired) electrons. The van der Waals surface area contributed by atoms with Crippen molar-refractivity contribution in [3.63, 3.8) is 0 Å². The number of nitrogens with two attached hydrogens (primary N) is 1. The number of nitrogens with zero attached hydrogens (tertiary/aromatic N) is 1. The highest BCUT2D eigenvalue weighted by Crippen LogP contribution is 2.37. The first-order valence-electron chi connectivity index (χ1n) is 8.00. The third-order valence-electron chi connectivity index (χ3n) is 4.14. The van der Waals surface area contributed by atoms with Gasteiger partial charge in [0.05, 0.1) is 12.1 Å². The number of hydrogen-bond acceptors (Lipinski definition) is 4. The number of methoxy groups -OCH3 is 1. The number of rotatable bonds is 5. The van der Waals surface area contributed by atoms with Crippen molar-refractivity contribution < 1.29 is 19.1 Å². The monoisotopic (exact) mass is 354 g/mol. The van der Waals surface area contributed by atoms with Gasteiger partial charge in [-0.25, -0.2) is 0 Å². The van der Waals surface area contributed by atoms with E-state index in [-0.39, 0.29) is 23.3 Å². The fourth-order valence-electron chi connectivity index (χ4n) is 2.78. The smallest absolute Gasteiger partial charge is 0.255 e. The van der Waals surface area contributed by atoms with Crippen LogP contribution in [0.25, 0.3) is 0 Å². The summed E-state index contributed by atoms with van der Waals surface area (Å²) in [6.45, 7) is 3.37. The lowest BCUT2D eigenvalue weighted by Crippen LogP contribution is -2.32. The van der Waals surface area contributed by atoms with Crippen molar-refractivity contribution >= 4 is 23.4 Å². The molecule has 132 valence electrons. The maximum atomic E-state index is 12.8. The molecule has 1 fully saturated rings. The van der Waals surface area contributed by atoms with E-state index in [4.69, 9.17) is 26.8 Å². The van der Waals surface area contributed by atoms with Gasteiger partial charge in [-0.3, -0.25) is 9.59 Å². The lowest BCUT2D eigenvalue weighted by atomic mass is 10.0. The number of carbonyl (C=O) groups excluding carboxylic acids is 2. The van der Waals surface area contributed by atoms with Crippen molar-refractivity contribution in [3.05, 3.63) is 22.7 Å². The molecule has 7 heteroatoms. The Morgan fingerprint density at radius 2 is 2.08 bits per heavy atom. The Balaban J connectivity index is 2.22. The maximum Gasteiger partial charge on any atom is 0.255 e. The highest BCUT2D eigenvalue weighted by molar-refractivity contribution is 6.32. The number of halogens is 1. The van der Waals surface area contributed by atoms with Crippen LogP contribution in [-0.2, 0) is 4.79 Å². The van der Waals surface area contributed by atoms with E-state index in [9.17, 15) is 9.59 Å². The second-order valence-corrected chi connectivity index (χ2v) is 6.48. The van der Waals surface area contributed by atoms with Gasteiger partial charge in [-0.05, 0) is 37.3 Å². The summed E-state index contributed by atoms with van der Waals surface area (Å²) < 4.78 is 10.5. The Hall–Kier alpha value is -1.95. The van der Waals surface area contributed by atoms with Crippen molar-refractivity contribution in [1.29, 1.82) is 0 Å². The molecule has 0 saturated carbocycles. The average molecular weight is 355 g/mol. The zero-order valence-corrected chi connectivity index (χ0v) is 14.8. The van der Waals surface area contributed by atoms with Gasteiger partial charge in [-0.1, -0.05) is 18.5 Å². The molecule has 1 aromatic carbocycles. The first-order chi connectivity index (χ1) is 11.4. The summed E-state index contributed by atoms with van der Waals surface area (Å²) in [4.78, 5) is 25.5. The standard InChI is InChI=1S/C17H23ClN2O4/c1-11-4-3-6-20(7-5-11)17(22)12-8-13(18)16(14(9-12)23-2)24-10-15(19)21/h8-9,11H,3-7,10H2,1-2H3,(H2,19,21)/t11-/m1/s1. The Kier molecular flexibility index (Phi) is 6.31. The molecule has 1 aromatic rings. The molecule has 1 saturated heterocycles. The maximum absolute atomic E-state index is 12.8. The third kappa shape index (κ3) is 4.54. The van der Waals surface area contributed by atoms with E-state index in [0.29, 0.717) is 17.2 Å². The van der Waals surface area contributed by atoms with Crippen LogP contribution in [0.4, 0.5) is 0 Å². The second kappa shape index (κ2) is 8.24. The van der Waals surface area contributed by atoms with E-state index in [1.165, 1.54) is 13.2 Å². The molecule has 2 amide bonds. The Morgan fingerprint density at radius 3 is 2.75 bits per heavy atom. The average Bonchev–Trinajstić information content (AvgIpc) is 2.76. The fourth-order valence-corrected chi connectivity index (χ4v) is 3.04. The van der Waals surface area contributed by atoms with Crippen LogP contribution in [-0.4, -0.2) is 43.5 Å². The molecule has 0 aromatic heterocycles. The number of benzene rings is 1. The van der Waals surface area contributed by atoms with Crippen LogP contribution in [0.3, 0.4) is 0 Å². The van der Waals surface area contributed by atoms with Gasteiger partial charge in [0.2, 0.25) is 0 Å². The lowest BCUT2D eigenvalue weighted by Gasteiger charge is -2.21. The Labute approximate surface area is 146 Å². The molecule has 1 heterocycles. The van der Waals surface area contributed by atoms with Crippen LogP contribution in [0.5, 0.6) is 11.5 Å². The fraction of sp³-hybridized carbons (Fsp3) is 0.529. The zero-order valence-electron chi connectivity index (χ0n) is 14.0. The summed E-state index contributed by atoms with van der Waals surface area (Å²) in [5.74, 6) is 0.442. The number of carbonyl (C=O) groups is 2. The van der Waals surface area contributed by atoms with Crippen molar-refractivity contribution in [2.75, 3.05) is 26.8 Å². The highest BCUT2D eigenvalue weighted by Gasteiger charge is 2.22. The normalized spacial score (nSPS) is 18.0. The molecule has 1 aliphatic heterocycles. The lowest BCUT2D eigenvalue weighted by molar-refractivity contribution is -0.119. The summed E-state index contributed by atoms with van der Waals surface area (Å²) in [5.41, 5.74) is 5.52. The predicted octanol–water partition coefficient (Wildman–Crippen LogP) is 2.47. The number of ether oxygens (including phenoxy) is 2. The Bertz CT molecular complexity index is 621. The molecular formula is C17H23ClN2O4. The quantitative estimate of drug-likeness (QED) is 0.880. The van der Waals surface area contributed by atoms with Crippen molar-refractivity contribution in [1.82, 2.24) is 4.90 Å². The van der Waals surface area contributed by atoms with Crippen LogP contribution < -0.4 is 15.2 Å². The SMILES string of the molecule is COc1cc(C(=O)N2CCC[C@@H](C)CC2)cc(Cl)c1OCC(N)=O. The molecule has 2 rings (SSSR count).